The Bertz CT molecular complexity index is 1260. The maximum absolute atomic E-state index is 12.6. The molecular formula is C24H21ClN4O3. The van der Waals surface area contributed by atoms with Crippen molar-refractivity contribution in [3.05, 3.63) is 94.9 Å². The zero-order valence-corrected chi connectivity index (χ0v) is 18.1. The molecule has 0 radical (unpaired) electrons. The molecule has 0 aliphatic carbocycles. The molecule has 0 saturated heterocycles. The lowest BCUT2D eigenvalue weighted by Crippen LogP contribution is -2.24. The average molecular weight is 449 g/mol. The van der Waals surface area contributed by atoms with Crippen LogP contribution in [0.4, 0.5) is 0 Å². The van der Waals surface area contributed by atoms with Crippen molar-refractivity contribution in [1.82, 2.24) is 20.1 Å². The van der Waals surface area contributed by atoms with Crippen LogP contribution in [0.3, 0.4) is 0 Å². The Morgan fingerprint density at radius 3 is 2.75 bits per heavy atom. The summed E-state index contributed by atoms with van der Waals surface area (Å²) in [5, 5.41) is 8.86. The minimum absolute atomic E-state index is 0.223. The molecule has 32 heavy (non-hydrogen) atoms. The fourth-order valence-corrected chi connectivity index (χ4v) is 3.62. The quantitative estimate of drug-likeness (QED) is 0.432. The van der Waals surface area contributed by atoms with Crippen LogP contribution in [0.25, 0.3) is 10.9 Å². The third-order valence-corrected chi connectivity index (χ3v) is 5.29. The summed E-state index contributed by atoms with van der Waals surface area (Å²) in [6, 6.07) is 17.4. The van der Waals surface area contributed by atoms with Gasteiger partial charge in [0.25, 0.3) is 5.91 Å². The Morgan fingerprint density at radius 1 is 1.12 bits per heavy atom. The number of ether oxygens (including phenoxy) is 1. The van der Waals surface area contributed by atoms with Crippen LogP contribution in [-0.4, -0.2) is 33.8 Å². The van der Waals surface area contributed by atoms with Crippen LogP contribution < -0.4 is 5.32 Å². The van der Waals surface area contributed by atoms with E-state index < -0.39 is 12.0 Å². The lowest BCUT2D eigenvalue weighted by molar-refractivity contribution is -0.144. The van der Waals surface area contributed by atoms with Gasteiger partial charge in [-0.1, -0.05) is 35.9 Å². The number of hydrogen-bond acceptors (Lipinski definition) is 5. The van der Waals surface area contributed by atoms with Crippen molar-refractivity contribution in [2.45, 2.75) is 19.0 Å². The van der Waals surface area contributed by atoms with Gasteiger partial charge in [-0.25, -0.2) is 4.79 Å². The first-order chi connectivity index (χ1) is 15.5. The number of carbonyl (C=O) groups is 2. The Balaban J connectivity index is 1.54. The molecule has 1 atom stereocenters. The van der Waals surface area contributed by atoms with Crippen molar-refractivity contribution < 1.29 is 14.3 Å². The highest BCUT2D eigenvalue weighted by Gasteiger charge is 2.24. The highest BCUT2D eigenvalue weighted by Crippen LogP contribution is 2.21. The van der Waals surface area contributed by atoms with E-state index in [-0.39, 0.29) is 5.91 Å². The molecular weight excluding hydrogens is 428 g/mol. The second kappa shape index (κ2) is 9.62. The Hall–Kier alpha value is -3.71. The summed E-state index contributed by atoms with van der Waals surface area (Å²) in [4.78, 5) is 29.3. The Morgan fingerprint density at radius 2 is 2.00 bits per heavy atom. The third-order valence-electron chi connectivity index (χ3n) is 5.05. The van der Waals surface area contributed by atoms with E-state index in [0.29, 0.717) is 29.1 Å². The van der Waals surface area contributed by atoms with E-state index >= 15 is 0 Å². The lowest BCUT2D eigenvalue weighted by atomic mass is 10.1. The van der Waals surface area contributed by atoms with E-state index in [0.717, 1.165) is 16.6 Å². The third kappa shape index (κ3) is 4.95. The highest BCUT2D eigenvalue weighted by molar-refractivity contribution is 6.30. The fourth-order valence-electron chi connectivity index (χ4n) is 3.41. The largest absolute Gasteiger partial charge is 0.467 e. The molecule has 1 N–H and O–H groups in total. The van der Waals surface area contributed by atoms with Gasteiger partial charge in [-0.2, -0.15) is 5.10 Å². The summed E-state index contributed by atoms with van der Waals surface area (Å²) < 4.78 is 6.55. The molecule has 0 unspecified atom stereocenters. The van der Waals surface area contributed by atoms with Gasteiger partial charge < -0.3 is 10.1 Å². The number of esters is 1. The molecule has 2 aromatic heterocycles. The van der Waals surface area contributed by atoms with Crippen molar-refractivity contribution in [1.29, 1.82) is 0 Å². The van der Waals surface area contributed by atoms with Gasteiger partial charge in [0, 0.05) is 47.0 Å². The average Bonchev–Trinajstić information content (AvgIpc) is 3.24. The Kier molecular flexibility index (Phi) is 6.47. The standard InChI is InChI=1S/C24H21ClN4O3/c1-32-24(31)22(13-20-7-2-3-10-26-20)29-15-18-9-8-17(12-21(18)28-29)23(30)27-14-16-5-4-6-19(25)11-16/h2-12,15,22H,13-14H2,1H3,(H,27,30)/t22-/m1/s1. The molecule has 2 heterocycles. The summed E-state index contributed by atoms with van der Waals surface area (Å²) in [6.07, 6.45) is 3.79. The van der Waals surface area contributed by atoms with E-state index in [1.807, 2.05) is 36.4 Å². The van der Waals surface area contributed by atoms with Crippen molar-refractivity contribution in [2.75, 3.05) is 7.11 Å². The van der Waals surface area contributed by atoms with E-state index in [1.165, 1.54) is 7.11 Å². The van der Waals surface area contributed by atoms with Gasteiger partial charge in [0.2, 0.25) is 0 Å². The van der Waals surface area contributed by atoms with Crippen LogP contribution in [0.5, 0.6) is 0 Å². The Labute approximate surface area is 190 Å². The first-order valence-electron chi connectivity index (χ1n) is 10.0. The predicted octanol–water partition coefficient (Wildman–Crippen LogP) is 3.97. The first-order valence-corrected chi connectivity index (χ1v) is 10.4. The molecule has 0 saturated carbocycles. The van der Waals surface area contributed by atoms with E-state index in [2.05, 4.69) is 15.4 Å². The molecule has 162 valence electrons. The van der Waals surface area contributed by atoms with Crippen LogP contribution in [0.15, 0.2) is 73.1 Å². The summed E-state index contributed by atoms with van der Waals surface area (Å²) >= 11 is 5.99. The minimum atomic E-state index is -0.664. The molecule has 4 aromatic rings. The van der Waals surface area contributed by atoms with Crippen molar-refractivity contribution >= 4 is 34.4 Å². The van der Waals surface area contributed by atoms with Crippen LogP contribution in [-0.2, 0) is 22.5 Å². The van der Waals surface area contributed by atoms with E-state index in [9.17, 15) is 9.59 Å². The van der Waals surface area contributed by atoms with Gasteiger partial charge in [-0.3, -0.25) is 14.5 Å². The number of fused-ring (bicyclic) bond motifs is 1. The fraction of sp³-hybridized carbons (Fsp3) is 0.167. The second-order valence-electron chi connectivity index (χ2n) is 7.26. The van der Waals surface area contributed by atoms with Gasteiger partial charge in [0.1, 0.15) is 0 Å². The number of halogens is 1. The van der Waals surface area contributed by atoms with Crippen LogP contribution in [0.1, 0.15) is 27.7 Å². The lowest BCUT2D eigenvalue weighted by Gasteiger charge is -2.14. The number of amides is 1. The van der Waals surface area contributed by atoms with Crippen LogP contribution in [0, 0.1) is 0 Å². The highest BCUT2D eigenvalue weighted by atomic mass is 35.5. The molecule has 0 bridgehead atoms. The van der Waals surface area contributed by atoms with Crippen LogP contribution >= 0.6 is 11.6 Å². The van der Waals surface area contributed by atoms with Crippen LogP contribution in [0.2, 0.25) is 5.02 Å². The molecule has 0 spiro atoms. The van der Waals surface area contributed by atoms with Gasteiger partial charge in [-0.15, -0.1) is 0 Å². The maximum Gasteiger partial charge on any atom is 0.331 e. The molecule has 0 fully saturated rings. The number of nitrogens with one attached hydrogen (secondary N) is 1. The normalized spacial score (nSPS) is 11.8. The molecule has 4 rings (SSSR count). The molecule has 2 aromatic carbocycles. The van der Waals surface area contributed by atoms with Gasteiger partial charge in [0.15, 0.2) is 6.04 Å². The SMILES string of the molecule is COC(=O)[C@@H](Cc1ccccn1)n1cc2ccc(C(=O)NCc3cccc(Cl)c3)cc2n1. The van der Waals surface area contributed by atoms with E-state index in [1.54, 1.807) is 41.3 Å². The smallest absolute Gasteiger partial charge is 0.331 e. The van der Waals surface area contributed by atoms with Crippen molar-refractivity contribution in [3.8, 4) is 0 Å². The zero-order chi connectivity index (χ0) is 22.5. The summed E-state index contributed by atoms with van der Waals surface area (Å²) in [5.74, 6) is -0.637. The molecule has 1 amide bonds. The summed E-state index contributed by atoms with van der Waals surface area (Å²) in [6.45, 7) is 0.361. The topological polar surface area (TPSA) is 86.1 Å². The predicted molar refractivity (Wildman–Crippen MR) is 121 cm³/mol. The summed E-state index contributed by atoms with van der Waals surface area (Å²) in [5.41, 5.74) is 2.75. The number of aromatic nitrogens is 3. The second-order valence-corrected chi connectivity index (χ2v) is 7.70. The molecule has 8 heteroatoms. The van der Waals surface area contributed by atoms with Gasteiger partial charge in [-0.05, 0) is 42.0 Å². The number of nitrogens with zero attached hydrogens (tertiary/aromatic N) is 3. The number of benzene rings is 2. The molecule has 0 aliphatic heterocycles. The number of methoxy groups -OCH3 is 1. The monoisotopic (exact) mass is 448 g/mol. The summed E-state index contributed by atoms with van der Waals surface area (Å²) in [7, 11) is 1.35. The molecule has 0 aliphatic rings. The number of pyridine rings is 1. The molecule has 7 nitrogen and oxygen atoms in total. The van der Waals surface area contributed by atoms with Gasteiger partial charge >= 0.3 is 5.97 Å². The minimum Gasteiger partial charge on any atom is -0.467 e. The number of hydrogen-bond donors (Lipinski definition) is 1. The zero-order valence-electron chi connectivity index (χ0n) is 17.4. The number of rotatable bonds is 7. The van der Waals surface area contributed by atoms with Crippen molar-refractivity contribution in [3.63, 3.8) is 0 Å². The van der Waals surface area contributed by atoms with Crippen molar-refractivity contribution in [2.24, 2.45) is 0 Å². The van der Waals surface area contributed by atoms with E-state index in [4.69, 9.17) is 16.3 Å². The first kappa shape index (κ1) is 21.5. The number of carbonyl (C=O) groups excluding carboxylic acids is 2. The maximum atomic E-state index is 12.6. The van der Waals surface area contributed by atoms with Gasteiger partial charge in [0.05, 0.1) is 12.6 Å².